The molecule has 2 saturated heterocycles. The first-order valence-corrected chi connectivity index (χ1v) is 9.71. The highest BCUT2D eigenvalue weighted by molar-refractivity contribution is 5.93. The van der Waals surface area contributed by atoms with E-state index in [1.54, 1.807) is 12.1 Å². The monoisotopic (exact) mass is 371 g/mol. The first-order valence-electron chi connectivity index (χ1n) is 9.71. The van der Waals surface area contributed by atoms with E-state index in [9.17, 15) is 9.18 Å². The van der Waals surface area contributed by atoms with Crippen molar-refractivity contribution in [2.45, 2.75) is 38.1 Å². The molecule has 2 fully saturated rings. The highest BCUT2D eigenvalue weighted by atomic mass is 19.1. The number of anilines is 1. The largest absolute Gasteiger partial charge is 0.371 e. The average Bonchev–Trinajstić information content (AvgIpc) is 3.35. The molecule has 7 heteroatoms. The number of amides is 1. The van der Waals surface area contributed by atoms with Gasteiger partial charge in [0.25, 0.3) is 5.91 Å². The van der Waals surface area contributed by atoms with Crippen molar-refractivity contribution in [1.29, 1.82) is 0 Å². The Morgan fingerprint density at radius 3 is 2.85 bits per heavy atom. The molecule has 2 aromatic rings. The lowest BCUT2D eigenvalue weighted by Crippen LogP contribution is -2.35. The van der Waals surface area contributed by atoms with Gasteiger partial charge in [-0.15, -0.1) is 0 Å². The van der Waals surface area contributed by atoms with Crippen molar-refractivity contribution in [1.82, 2.24) is 15.1 Å². The third kappa shape index (κ3) is 3.69. The molecule has 1 amide bonds. The molecule has 0 radical (unpaired) electrons. The van der Waals surface area contributed by atoms with Gasteiger partial charge in [-0.2, -0.15) is 5.10 Å². The summed E-state index contributed by atoms with van der Waals surface area (Å²) in [6, 6.07) is 5.39. The van der Waals surface area contributed by atoms with E-state index < -0.39 is 5.91 Å². The second kappa shape index (κ2) is 7.68. The van der Waals surface area contributed by atoms with Crippen LogP contribution in [0.15, 0.2) is 24.4 Å². The van der Waals surface area contributed by atoms with E-state index in [1.165, 1.54) is 6.20 Å². The number of H-pyrrole nitrogens is 1. The molecule has 2 aliphatic heterocycles. The van der Waals surface area contributed by atoms with E-state index in [4.69, 9.17) is 5.73 Å². The van der Waals surface area contributed by atoms with Crippen LogP contribution < -0.4 is 10.6 Å². The molecular formula is C20H26FN5O. The zero-order valence-electron chi connectivity index (χ0n) is 15.5. The molecule has 6 nitrogen and oxygen atoms in total. The fraction of sp³-hybridized carbons (Fsp3) is 0.500. The van der Waals surface area contributed by atoms with Crippen LogP contribution in [0.2, 0.25) is 0 Å². The molecule has 3 heterocycles. The second-order valence-electron chi connectivity index (χ2n) is 7.57. The molecular weight excluding hydrogens is 345 g/mol. The van der Waals surface area contributed by atoms with Crippen LogP contribution >= 0.6 is 0 Å². The molecule has 2 aliphatic rings. The van der Waals surface area contributed by atoms with Gasteiger partial charge < -0.3 is 10.6 Å². The minimum Gasteiger partial charge on any atom is -0.371 e. The van der Waals surface area contributed by atoms with Crippen molar-refractivity contribution in [3.8, 4) is 0 Å². The molecule has 4 rings (SSSR count). The summed E-state index contributed by atoms with van der Waals surface area (Å²) < 4.78 is 14.7. The highest BCUT2D eigenvalue weighted by Gasteiger charge is 2.28. The van der Waals surface area contributed by atoms with Crippen LogP contribution in [-0.2, 0) is 6.54 Å². The van der Waals surface area contributed by atoms with E-state index >= 15 is 0 Å². The van der Waals surface area contributed by atoms with Crippen LogP contribution in [0.25, 0.3) is 0 Å². The standard InChI is InChI=1S/C20H26FN5O/c21-17-6-3-7-18(26-9-1-2-10-26)16(17)13-25-8-4-5-14(12-25)19-15(20(22)27)11-23-24-19/h3,6-7,11,14H,1-2,4-5,8-10,12-13H2,(H2,22,27)(H,23,24)/t14-/m1/s1. The average molecular weight is 371 g/mol. The Bertz CT molecular complexity index is 814. The second-order valence-corrected chi connectivity index (χ2v) is 7.57. The van der Waals surface area contributed by atoms with Crippen LogP contribution in [0.1, 0.15) is 53.2 Å². The number of carbonyl (C=O) groups excluding carboxylic acids is 1. The van der Waals surface area contributed by atoms with Gasteiger partial charge >= 0.3 is 0 Å². The fourth-order valence-corrected chi connectivity index (χ4v) is 4.42. The summed E-state index contributed by atoms with van der Waals surface area (Å²) in [5.74, 6) is -0.437. The molecule has 0 spiro atoms. The minimum absolute atomic E-state index is 0.138. The first-order chi connectivity index (χ1) is 13.1. The van der Waals surface area contributed by atoms with E-state index in [2.05, 4.69) is 20.0 Å². The van der Waals surface area contributed by atoms with Crippen LogP contribution in [0.5, 0.6) is 0 Å². The van der Waals surface area contributed by atoms with Crippen molar-refractivity contribution in [3.63, 3.8) is 0 Å². The van der Waals surface area contributed by atoms with Crippen molar-refractivity contribution in [3.05, 3.63) is 47.0 Å². The highest BCUT2D eigenvalue weighted by Crippen LogP contribution is 2.32. The van der Waals surface area contributed by atoms with Crippen molar-refractivity contribution < 1.29 is 9.18 Å². The summed E-state index contributed by atoms with van der Waals surface area (Å²) in [6.07, 6.45) is 5.79. The van der Waals surface area contributed by atoms with Gasteiger partial charge in [-0.05, 0) is 44.4 Å². The lowest BCUT2D eigenvalue weighted by Gasteiger charge is -2.33. The number of nitrogens with zero attached hydrogens (tertiary/aromatic N) is 3. The van der Waals surface area contributed by atoms with Gasteiger partial charge in [0.05, 0.1) is 17.5 Å². The Morgan fingerprint density at radius 1 is 1.26 bits per heavy atom. The Hall–Kier alpha value is -2.41. The number of aromatic nitrogens is 2. The summed E-state index contributed by atoms with van der Waals surface area (Å²) in [6.45, 7) is 4.25. The lowest BCUT2D eigenvalue weighted by molar-refractivity contribution is 0.0997. The number of halogens is 1. The van der Waals surface area contributed by atoms with Gasteiger partial charge in [-0.1, -0.05) is 6.07 Å². The van der Waals surface area contributed by atoms with E-state index in [0.717, 1.165) is 68.8 Å². The molecule has 0 unspecified atom stereocenters. The topological polar surface area (TPSA) is 78.2 Å². The zero-order chi connectivity index (χ0) is 18.8. The SMILES string of the molecule is NC(=O)c1cn[nH]c1[C@@H]1CCCN(Cc2c(F)cccc2N2CCCC2)C1. The summed E-state index contributed by atoms with van der Waals surface area (Å²) in [4.78, 5) is 16.2. The van der Waals surface area contributed by atoms with Gasteiger partial charge in [-0.25, -0.2) is 4.39 Å². The summed E-state index contributed by atoms with van der Waals surface area (Å²) in [5, 5.41) is 6.95. The Labute approximate surface area is 158 Å². The zero-order valence-corrected chi connectivity index (χ0v) is 15.5. The number of aromatic amines is 1. The molecule has 0 aliphatic carbocycles. The van der Waals surface area contributed by atoms with Gasteiger partial charge in [0, 0.05) is 43.3 Å². The Balaban J connectivity index is 1.53. The van der Waals surface area contributed by atoms with Crippen LogP contribution in [-0.4, -0.2) is 47.2 Å². The number of likely N-dealkylation sites (tertiary alicyclic amines) is 1. The Morgan fingerprint density at radius 2 is 2.07 bits per heavy atom. The normalized spacial score (nSPS) is 20.9. The number of rotatable bonds is 5. The number of nitrogens with two attached hydrogens (primary N) is 1. The summed E-state index contributed by atoms with van der Waals surface area (Å²) in [5.41, 5.74) is 8.54. The maximum atomic E-state index is 14.7. The predicted molar refractivity (Wildman–Crippen MR) is 102 cm³/mol. The number of primary amides is 1. The molecule has 3 N–H and O–H groups in total. The van der Waals surface area contributed by atoms with Crippen molar-refractivity contribution in [2.75, 3.05) is 31.1 Å². The molecule has 1 aromatic heterocycles. The Kier molecular flexibility index (Phi) is 5.11. The van der Waals surface area contributed by atoms with Gasteiger partial charge in [0.2, 0.25) is 0 Å². The van der Waals surface area contributed by atoms with E-state index in [0.29, 0.717) is 12.1 Å². The minimum atomic E-state index is -0.457. The smallest absolute Gasteiger partial charge is 0.252 e. The quantitative estimate of drug-likeness (QED) is 0.847. The predicted octanol–water partition coefficient (Wildman–Crippen LogP) is 2.63. The van der Waals surface area contributed by atoms with Crippen molar-refractivity contribution in [2.24, 2.45) is 5.73 Å². The number of benzene rings is 1. The fourth-order valence-electron chi connectivity index (χ4n) is 4.42. The lowest BCUT2D eigenvalue weighted by atomic mass is 9.92. The number of nitrogens with one attached hydrogen (secondary N) is 1. The van der Waals surface area contributed by atoms with Crippen LogP contribution in [0.3, 0.4) is 0 Å². The maximum Gasteiger partial charge on any atom is 0.252 e. The molecule has 1 atom stereocenters. The van der Waals surface area contributed by atoms with Crippen LogP contribution in [0, 0.1) is 5.82 Å². The number of hydrogen-bond donors (Lipinski definition) is 2. The number of carbonyl (C=O) groups is 1. The summed E-state index contributed by atoms with van der Waals surface area (Å²) >= 11 is 0. The molecule has 0 bridgehead atoms. The molecule has 0 saturated carbocycles. The van der Waals surface area contributed by atoms with E-state index in [1.807, 2.05) is 6.07 Å². The van der Waals surface area contributed by atoms with Gasteiger partial charge in [0.15, 0.2) is 0 Å². The molecule has 1 aromatic carbocycles. The van der Waals surface area contributed by atoms with Crippen LogP contribution in [0.4, 0.5) is 10.1 Å². The maximum absolute atomic E-state index is 14.7. The van der Waals surface area contributed by atoms with Gasteiger partial charge in [0.1, 0.15) is 5.82 Å². The van der Waals surface area contributed by atoms with E-state index in [-0.39, 0.29) is 11.7 Å². The number of hydrogen-bond acceptors (Lipinski definition) is 4. The summed E-state index contributed by atoms with van der Waals surface area (Å²) in [7, 11) is 0. The molecule has 144 valence electrons. The van der Waals surface area contributed by atoms with Crippen molar-refractivity contribution >= 4 is 11.6 Å². The van der Waals surface area contributed by atoms with Gasteiger partial charge in [-0.3, -0.25) is 14.8 Å². The first kappa shape index (κ1) is 18.0. The number of piperidine rings is 1. The third-order valence-electron chi connectivity index (χ3n) is 5.77. The third-order valence-corrected chi connectivity index (χ3v) is 5.77. The molecule has 27 heavy (non-hydrogen) atoms.